The number of carbonyl (C=O) groups excluding carboxylic acids is 1. The summed E-state index contributed by atoms with van der Waals surface area (Å²) >= 11 is 0. The standard InChI is InChI=1S/C18H21N5O2/c1-21(2)13-18(24)23-10-15-4-3-7-22(15)11-16(12-23)25-17-6-5-14(8-19)9-20-17/h3-7,9,16H,10-13H2,1-2H3/t16-/m1/s1. The molecular formula is C18H21N5O2. The van der Waals surface area contributed by atoms with Gasteiger partial charge in [0.15, 0.2) is 0 Å². The van der Waals surface area contributed by atoms with Crippen molar-refractivity contribution in [1.82, 2.24) is 19.4 Å². The van der Waals surface area contributed by atoms with E-state index in [1.807, 2.05) is 48.3 Å². The van der Waals surface area contributed by atoms with Gasteiger partial charge < -0.3 is 19.1 Å². The molecule has 0 unspecified atom stereocenters. The number of amides is 1. The van der Waals surface area contributed by atoms with Gasteiger partial charge >= 0.3 is 0 Å². The molecule has 3 heterocycles. The van der Waals surface area contributed by atoms with E-state index >= 15 is 0 Å². The summed E-state index contributed by atoms with van der Waals surface area (Å²) in [6.07, 6.45) is 3.28. The van der Waals surface area contributed by atoms with Crippen LogP contribution in [-0.2, 0) is 17.9 Å². The number of hydrogen-bond acceptors (Lipinski definition) is 5. The predicted octanol–water partition coefficient (Wildman–Crippen LogP) is 1.11. The molecule has 7 heteroatoms. The molecule has 0 bridgehead atoms. The highest BCUT2D eigenvalue weighted by Crippen LogP contribution is 2.18. The van der Waals surface area contributed by atoms with Gasteiger partial charge in [0, 0.05) is 24.2 Å². The number of hydrogen-bond donors (Lipinski definition) is 0. The van der Waals surface area contributed by atoms with Crippen molar-refractivity contribution in [3.8, 4) is 11.9 Å². The van der Waals surface area contributed by atoms with Crippen LogP contribution in [0.15, 0.2) is 36.7 Å². The van der Waals surface area contributed by atoms with Crippen molar-refractivity contribution in [1.29, 1.82) is 5.26 Å². The average molecular weight is 339 g/mol. The Morgan fingerprint density at radius 3 is 2.92 bits per heavy atom. The van der Waals surface area contributed by atoms with Crippen molar-refractivity contribution in [2.75, 3.05) is 27.2 Å². The highest BCUT2D eigenvalue weighted by molar-refractivity contribution is 5.78. The van der Waals surface area contributed by atoms with Gasteiger partial charge in [-0.25, -0.2) is 4.98 Å². The van der Waals surface area contributed by atoms with Crippen LogP contribution in [-0.4, -0.2) is 58.5 Å². The molecule has 0 saturated carbocycles. The maximum atomic E-state index is 12.5. The largest absolute Gasteiger partial charge is 0.471 e. The summed E-state index contributed by atoms with van der Waals surface area (Å²) in [7, 11) is 3.76. The Hall–Kier alpha value is -2.85. The van der Waals surface area contributed by atoms with Gasteiger partial charge in [0.05, 0.1) is 31.7 Å². The highest BCUT2D eigenvalue weighted by Gasteiger charge is 2.26. The van der Waals surface area contributed by atoms with Crippen LogP contribution in [0.2, 0.25) is 0 Å². The monoisotopic (exact) mass is 339 g/mol. The first-order valence-corrected chi connectivity index (χ1v) is 8.14. The molecule has 0 saturated heterocycles. The fourth-order valence-corrected chi connectivity index (χ4v) is 2.88. The van der Waals surface area contributed by atoms with Gasteiger partial charge in [-0.1, -0.05) is 0 Å². The lowest BCUT2D eigenvalue weighted by molar-refractivity contribution is -0.133. The molecule has 1 aliphatic heterocycles. The first kappa shape index (κ1) is 17.0. The molecule has 2 aromatic heterocycles. The molecule has 0 aromatic carbocycles. The summed E-state index contributed by atoms with van der Waals surface area (Å²) in [6.45, 7) is 2.08. The van der Waals surface area contributed by atoms with Gasteiger partial charge in [-0.2, -0.15) is 5.26 Å². The van der Waals surface area contributed by atoms with Gasteiger partial charge in [-0.15, -0.1) is 0 Å². The summed E-state index contributed by atoms with van der Waals surface area (Å²) in [5, 5.41) is 8.86. The normalized spacial score (nSPS) is 16.9. The van der Waals surface area contributed by atoms with Crippen molar-refractivity contribution in [3.05, 3.63) is 47.9 Å². The van der Waals surface area contributed by atoms with E-state index in [1.54, 1.807) is 12.1 Å². The van der Waals surface area contributed by atoms with Crippen LogP contribution >= 0.6 is 0 Å². The van der Waals surface area contributed by atoms with E-state index in [-0.39, 0.29) is 12.0 Å². The van der Waals surface area contributed by atoms with Crippen LogP contribution in [0.25, 0.3) is 0 Å². The lowest BCUT2D eigenvalue weighted by Gasteiger charge is -2.25. The maximum Gasteiger partial charge on any atom is 0.237 e. The summed E-state index contributed by atoms with van der Waals surface area (Å²) < 4.78 is 8.11. The van der Waals surface area contributed by atoms with Gasteiger partial charge in [0.2, 0.25) is 11.8 Å². The second kappa shape index (κ2) is 7.36. The Morgan fingerprint density at radius 1 is 1.40 bits per heavy atom. The third-order valence-electron chi connectivity index (χ3n) is 4.06. The van der Waals surface area contributed by atoms with E-state index < -0.39 is 0 Å². The molecule has 2 aromatic rings. The Morgan fingerprint density at radius 2 is 2.24 bits per heavy atom. The first-order valence-electron chi connectivity index (χ1n) is 8.14. The number of carbonyl (C=O) groups is 1. The summed E-state index contributed by atoms with van der Waals surface area (Å²) in [6, 6.07) is 9.40. The summed E-state index contributed by atoms with van der Waals surface area (Å²) in [4.78, 5) is 20.4. The molecule has 0 aliphatic carbocycles. The van der Waals surface area contributed by atoms with Crippen LogP contribution in [0, 0.1) is 11.3 Å². The van der Waals surface area contributed by atoms with Crippen molar-refractivity contribution in [2.45, 2.75) is 19.2 Å². The van der Waals surface area contributed by atoms with Gasteiger partial charge in [-0.05, 0) is 32.3 Å². The molecule has 0 spiro atoms. The Balaban J connectivity index is 1.78. The minimum absolute atomic E-state index is 0.0704. The molecule has 0 N–H and O–H groups in total. The predicted molar refractivity (Wildman–Crippen MR) is 91.8 cm³/mol. The number of nitrogens with zero attached hydrogens (tertiary/aromatic N) is 5. The average Bonchev–Trinajstić information content (AvgIpc) is 2.93. The topological polar surface area (TPSA) is 74.4 Å². The second-order valence-corrected chi connectivity index (χ2v) is 6.40. The van der Waals surface area contributed by atoms with Crippen molar-refractivity contribution < 1.29 is 9.53 Å². The number of aromatic nitrogens is 2. The van der Waals surface area contributed by atoms with Crippen LogP contribution in [0.4, 0.5) is 0 Å². The maximum absolute atomic E-state index is 12.5. The van der Waals surface area contributed by atoms with E-state index in [2.05, 4.69) is 9.55 Å². The van der Waals surface area contributed by atoms with Gasteiger partial charge in [0.1, 0.15) is 12.2 Å². The number of likely N-dealkylation sites (N-methyl/N-ethyl adjacent to an activating group) is 1. The van der Waals surface area contributed by atoms with Crippen LogP contribution < -0.4 is 4.74 Å². The van der Waals surface area contributed by atoms with E-state index in [0.29, 0.717) is 37.6 Å². The minimum atomic E-state index is -0.208. The Kier molecular flexibility index (Phi) is 5.00. The van der Waals surface area contributed by atoms with Gasteiger partial charge in [0.25, 0.3) is 0 Å². The van der Waals surface area contributed by atoms with Crippen LogP contribution in [0.3, 0.4) is 0 Å². The fourth-order valence-electron chi connectivity index (χ4n) is 2.88. The quantitative estimate of drug-likeness (QED) is 0.834. The molecule has 25 heavy (non-hydrogen) atoms. The number of ether oxygens (including phenoxy) is 1. The van der Waals surface area contributed by atoms with Crippen molar-refractivity contribution in [2.24, 2.45) is 0 Å². The molecule has 0 radical (unpaired) electrons. The smallest absolute Gasteiger partial charge is 0.237 e. The fraction of sp³-hybridized carbons (Fsp3) is 0.389. The number of rotatable bonds is 4. The van der Waals surface area contributed by atoms with Crippen molar-refractivity contribution in [3.63, 3.8) is 0 Å². The molecule has 1 atom stereocenters. The Labute approximate surface area is 147 Å². The minimum Gasteiger partial charge on any atom is -0.471 e. The van der Waals surface area contributed by atoms with Gasteiger partial charge in [-0.3, -0.25) is 4.79 Å². The zero-order valence-electron chi connectivity index (χ0n) is 14.4. The Bertz CT molecular complexity index is 776. The second-order valence-electron chi connectivity index (χ2n) is 6.40. The molecule has 3 rings (SSSR count). The van der Waals surface area contributed by atoms with E-state index in [1.165, 1.54) is 6.20 Å². The zero-order valence-corrected chi connectivity index (χ0v) is 14.4. The summed E-state index contributed by atoms with van der Waals surface area (Å²) in [5.41, 5.74) is 1.58. The SMILES string of the molecule is CN(C)CC(=O)N1Cc2cccn2C[C@@H](Oc2ccc(C#N)cn2)C1. The van der Waals surface area contributed by atoms with E-state index in [0.717, 1.165) is 5.69 Å². The molecular weight excluding hydrogens is 318 g/mol. The number of nitriles is 1. The molecule has 0 fully saturated rings. The number of pyridine rings is 1. The van der Waals surface area contributed by atoms with Crippen molar-refractivity contribution >= 4 is 5.91 Å². The molecule has 130 valence electrons. The third kappa shape index (κ3) is 4.17. The first-order chi connectivity index (χ1) is 12.0. The molecule has 1 amide bonds. The zero-order chi connectivity index (χ0) is 17.8. The summed E-state index contributed by atoms with van der Waals surface area (Å²) in [5.74, 6) is 0.528. The molecule has 7 nitrogen and oxygen atoms in total. The van der Waals surface area contributed by atoms with Crippen LogP contribution in [0.5, 0.6) is 5.88 Å². The lowest BCUT2D eigenvalue weighted by atomic mass is 10.3. The lowest BCUT2D eigenvalue weighted by Crippen LogP contribution is -2.42. The highest BCUT2D eigenvalue weighted by atomic mass is 16.5. The number of fused-ring (bicyclic) bond motifs is 1. The van der Waals surface area contributed by atoms with E-state index in [9.17, 15) is 4.79 Å². The third-order valence-corrected chi connectivity index (χ3v) is 4.06. The van der Waals surface area contributed by atoms with Crippen LogP contribution in [0.1, 0.15) is 11.3 Å². The van der Waals surface area contributed by atoms with E-state index in [4.69, 9.17) is 10.00 Å². The molecule has 1 aliphatic rings.